The van der Waals surface area contributed by atoms with Crippen LogP contribution >= 0.6 is 23.4 Å². The minimum absolute atomic E-state index is 0.0823. The summed E-state index contributed by atoms with van der Waals surface area (Å²) in [6, 6.07) is 17.2. The molecule has 5 rings (SSSR count). The van der Waals surface area contributed by atoms with Gasteiger partial charge in [-0.25, -0.2) is 13.6 Å². The zero-order valence-corrected chi connectivity index (χ0v) is 25.1. The number of anilines is 1. The van der Waals surface area contributed by atoms with Crippen molar-refractivity contribution in [2.24, 2.45) is 15.3 Å². The van der Waals surface area contributed by atoms with Crippen molar-refractivity contribution < 1.29 is 27.2 Å². The molecule has 1 aliphatic rings. The van der Waals surface area contributed by atoms with Gasteiger partial charge in [0.2, 0.25) is 10.0 Å². The first-order valence-electron chi connectivity index (χ1n) is 12.8. The van der Waals surface area contributed by atoms with E-state index in [4.69, 9.17) is 25.9 Å². The van der Waals surface area contributed by atoms with Crippen LogP contribution in [0.2, 0.25) is 5.02 Å². The topological polar surface area (TPSA) is 170 Å². The molecule has 0 radical (unpaired) electrons. The molecule has 0 spiro atoms. The highest BCUT2D eigenvalue weighted by Gasteiger charge is 2.34. The van der Waals surface area contributed by atoms with Crippen LogP contribution in [-0.2, 0) is 26.2 Å². The summed E-state index contributed by atoms with van der Waals surface area (Å²) in [5.41, 5.74) is 1.55. The number of carbonyl (C=O) groups excluding carboxylic acids is 2. The number of nitrogens with one attached hydrogen (secondary N) is 1. The Kier molecular flexibility index (Phi) is 9.55. The second kappa shape index (κ2) is 13.7. The SMILES string of the molecule is NS(=O)(=O)c1ccc(NC(=O)COc2ccc(Cl)cc2/C=C2\S/C(=N\N=C\c3cccnc3)N(Cc3ccco3)C2=O)cc1. The third kappa shape index (κ3) is 7.99. The third-order valence-corrected chi connectivity index (χ3v) is 8.06. The molecule has 2 aromatic heterocycles. The van der Waals surface area contributed by atoms with Gasteiger partial charge in [-0.3, -0.25) is 19.5 Å². The number of hydrogen-bond acceptors (Lipinski definition) is 10. The molecule has 3 heterocycles. The Labute approximate surface area is 261 Å². The first-order valence-corrected chi connectivity index (χ1v) is 15.5. The summed E-state index contributed by atoms with van der Waals surface area (Å²) in [6.07, 6.45) is 7.92. The molecule has 0 atom stereocenters. The number of primary sulfonamides is 1. The highest BCUT2D eigenvalue weighted by atomic mass is 35.5. The van der Waals surface area contributed by atoms with E-state index in [0.717, 1.165) is 17.3 Å². The van der Waals surface area contributed by atoms with Gasteiger partial charge in [0.25, 0.3) is 11.8 Å². The van der Waals surface area contributed by atoms with Crippen LogP contribution in [-0.4, -0.2) is 48.1 Å². The molecule has 2 amide bonds. The number of pyridine rings is 1. The lowest BCUT2D eigenvalue weighted by Crippen LogP contribution is -2.28. The van der Waals surface area contributed by atoms with Crippen molar-refractivity contribution in [3.63, 3.8) is 0 Å². The van der Waals surface area contributed by atoms with E-state index < -0.39 is 15.9 Å². The zero-order valence-electron chi connectivity index (χ0n) is 22.7. The molecule has 3 N–H and O–H groups in total. The van der Waals surface area contributed by atoms with Crippen LogP contribution in [0.5, 0.6) is 5.75 Å². The highest BCUT2D eigenvalue weighted by molar-refractivity contribution is 8.18. The van der Waals surface area contributed by atoms with E-state index in [2.05, 4.69) is 20.5 Å². The van der Waals surface area contributed by atoms with Gasteiger partial charge in [-0.05, 0) is 78.5 Å². The van der Waals surface area contributed by atoms with Crippen molar-refractivity contribution >= 4 is 68.3 Å². The second-order valence-corrected chi connectivity index (χ2v) is 12.1. The number of amides is 2. The molecule has 1 fully saturated rings. The maximum absolute atomic E-state index is 13.5. The minimum Gasteiger partial charge on any atom is -0.483 e. The monoisotopic (exact) mass is 650 g/mol. The number of furan rings is 1. The van der Waals surface area contributed by atoms with E-state index in [1.807, 2.05) is 6.07 Å². The zero-order chi connectivity index (χ0) is 31.1. The van der Waals surface area contributed by atoms with Crippen LogP contribution < -0.4 is 15.2 Å². The lowest BCUT2D eigenvalue weighted by Gasteiger charge is -2.13. The van der Waals surface area contributed by atoms with Gasteiger partial charge in [0, 0.05) is 34.2 Å². The number of sulfonamides is 1. The Morgan fingerprint density at radius 2 is 1.98 bits per heavy atom. The second-order valence-electron chi connectivity index (χ2n) is 9.08. The molecule has 0 aliphatic carbocycles. The lowest BCUT2D eigenvalue weighted by atomic mass is 10.2. The van der Waals surface area contributed by atoms with Gasteiger partial charge in [-0.1, -0.05) is 17.7 Å². The number of aromatic nitrogens is 1. The van der Waals surface area contributed by atoms with Gasteiger partial charge in [-0.15, -0.1) is 5.10 Å². The number of thioether (sulfide) groups is 1. The highest BCUT2D eigenvalue weighted by Crippen LogP contribution is 2.36. The molecule has 15 heteroatoms. The summed E-state index contributed by atoms with van der Waals surface area (Å²) >= 11 is 7.36. The fourth-order valence-electron chi connectivity index (χ4n) is 3.85. The Bertz CT molecular complexity index is 1860. The molecule has 0 unspecified atom stereocenters. The van der Waals surface area contributed by atoms with E-state index in [1.165, 1.54) is 41.6 Å². The normalized spacial score (nSPS) is 15.4. The van der Waals surface area contributed by atoms with Crippen LogP contribution in [0.15, 0.2) is 110 Å². The number of amidine groups is 1. The van der Waals surface area contributed by atoms with Crippen molar-refractivity contribution in [3.05, 3.63) is 112 Å². The maximum atomic E-state index is 13.5. The number of carbonyl (C=O) groups is 2. The van der Waals surface area contributed by atoms with Crippen molar-refractivity contribution in [2.75, 3.05) is 11.9 Å². The number of ether oxygens (including phenoxy) is 1. The van der Waals surface area contributed by atoms with Gasteiger partial charge < -0.3 is 14.5 Å². The summed E-state index contributed by atoms with van der Waals surface area (Å²) in [5.74, 6) is 0.0147. The van der Waals surface area contributed by atoms with Crippen LogP contribution in [0.4, 0.5) is 5.69 Å². The van der Waals surface area contributed by atoms with Gasteiger partial charge >= 0.3 is 0 Å². The predicted octanol–water partition coefficient (Wildman–Crippen LogP) is 4.50. The first-order chi connectivity index (χ1) is 21.2. The summed E-state index contributed by atoms with van der Waals surface area (Å²) in [7, 11) is -3.86. The van der Waals surface area contributed by atoms with Crippen molar-refractivity contribution in [1.82, 2.24) is 9.88 Å². The maximum Gasteiger partial charge on any atom is 0.267 e. The summed E-state index contributed by atoms with van der Waals surface area (Å²) < 4.78 is 34.1. The molecule has 0 saturated carbocycles. The van der Waals surface area contributed by atoms with E-state index >= 15 is 0 Å². The van der Waals surface area contributed by atoms with Crippen LogP contribution in [0.25, 0.3) is 6.08 Å². The van der Waals surface area contributed by atoms with E-state index in [0.29, 0.717) is 37.9 Å². The molecule has 224 valence electrons. The van der Waals surface area contributed by atoms with Crippen molar-refractivity contribution in [3.8, 4) is 5.75 Å². The number of hydrogen-bond donors (Lipinski definition) is 2. The number of halogens is 1. The molecule has 1 aliphatic heterocycles. The Morgan fingerprint density at radius 1 is 1.16 bits per heavy atom. The minimum atomic E-state index is -3.86. The van der Waals surface area contributed by atoms with Crippen LogP contribution in [0.3, 0.4) is 0 Å². The smallest absolute Gasteiger partial charge is 0.267 e. The average Bonchev–Trinajstić information content (AvgIpc) is 3.61. The number of rotatable bonds is 10. The predicted molar refractivity (Wildman–Crippen MR) is 167 cm³/mol. The van der Waals surface area contributed by atoms with Gasteiger partial charge in [0.15, 0.2) is 11.8 Å². The lowest BCUT2D eigenvalue weighted by molar-refractivity contribution is -0.122. The molecular weight excluding hydrogens is 628 g/mol. The Hall–Kier alpha value is -4.76. The quantitative estimate of drug-likeness (QED) is 0.144. The van der Waals surface area contributed by atoms with Crippen molar-refractivity contribution in [2.45, 2.75) is 11.4 Å². The summed E-state index contributed by atoms with van der Waals surface area (Å²) in [6.45, 7) is -0.245. The third-order valence-electron chi connectivity index (χ3n) is 5.90. The summed E-state index contributed by atoms with van der Waals surface area (Å²) in [5, 5.41) is 16.9. The largest absolute Gasteiger partial charge is 0.483 e. The van der Waals surface area contributed by atoms with Gasteiger partial charge in [0.1, 0.15) is 11.5 Å². The molecule has 1 saturated heterocycles. The Morgan fingerprint density at radius 3 is 2.68 bits per heavy atom. The number of nitrogens with two attached hydrogens (primary N) is 1. The van der Waals surface area contributed by atoms with Crippen LogP contribution in [0, 0.1) is 0 Å². The Balaban J connectivity index is 1.33. The average molecular weight is 651 g/mol. The van der Waals surface area contributed by atoms with Gasteiger partial charge in [0.05, 0.1) is 28.8 Å². The van der Waals surface area contributed by atoms with Crippen molar-refractivity contribution in [1.29, 1.82) is 0 Å². The summed E-state index contributed by atoms with van der Waals surface area (Å²) in [4.78, 5) is 31.8. The molecular formula is C29H23ClN6O6S2. The number of nitrogens with zero attached hydrogens (tertiary/aromatic N) is 4. The van der Waals surface area contributed by atoms with Gasteiger partial charge in [-0.2, -0.15) is 5.10 Å². The molecule has 4 aromatic rings. The van der Waals surface area contributed by atoms with E-state index in [9.17, 15) is 18.0 Å². The number of benzene rings is 2. The van der Waals surface area contributed by atoms with E-state index in [1.54, 1.807) is 54.9 Å². The first kappa shape index (κ1) is 30.7. The molecule has 2 aromatic carbocycles. The van der Waals surface area contributed by atoms with Crippen LogP contribution in [0.1, 0.15) is 16.9 Å². The molecule has 44 heavy (non-hydrogen) atoms. The molecule has 0 bridgehead atoms. The van der Waals surface area contributed by atoms with E-state index in [-0.39, 0.29) is 24.0 Å². The fourth-order valence-corrected chi connectivity index (χ4v) is 5.47. The fraction of sp³-hybridized carbons (Fsp3) is 0.0690. The molecule has 12 nitrogen and oxygen atoms in total. The standard InChI is InChI=1S/C29H23ClN6O6S2/c30-21-5-10-25(42-18-27(37)34-22-6-8-24(9-7-22)44(31,39)40)20(13-21)14-26-28(38)36(17-23-4-2-12-41-23)29(43-26)35-33-16-19-3-1-11-32-15-19/h1-16H,17-18H2,(H,34,37)(H2,31,39,40)/b26-14-,33-16+,35-29-.